The molecule has 0 aromatic heterocycles. The van der Waals surface area contributed by atoms with Crippen molar-refractivity contribution in [2.45, 2.75) is 51.8 Å². The summed E-state index contributed by atoms with van der Waals surface area (Å²) >= 11 is 0. The Morgan fingerprint density at radius 3 is 3.00 bits per heavy atom. The van der Waals surface area contributed by atoms with Gasteiger partial charge in [0.2, 0.25) is 0 Å². The molecule has 1 aromatic rings. The molecule has 1 saturated carbocycles. The lowest BCUT2D eigenvalue weighted by Crippen LogP contribution is -2.29. The number of nitrogens with one attached hydrogen (secondary N) is 1. The van der Waals surface area contributed by atoms with Crippen LogP contribution in [0.2, 0.25) is 0 Å². The highest BCUT2D eigenvalue weighted by molar-refractivity contribution is 5.42. The standard InChI is InChI=1S/C15H21NO/c1-11-6-7-15(2,8-11)17-14-5-3-4-12-9-16-10-13(12)14/h3-5,11,16H,6-10H2,1-2H3. The molecule has 17 heavy (non-hydrogen) atoms. The molecular weight excluding hydrogens is 210 g/mol. The summed E-state index contributed by atoms with van der Waals surface area (Å²) in [4.78, 5) is 0. The quantitative estimate of drug-likeness (QED) is 0.843. The van der Waals surface area contributed by atoms with E-state index in [4.69, 9.17) is 4.74 Å². The molecule has 0 saturated heterocycles. The summed E-state index contributed by atoms with van der Waals surface area (Å²) in [6, 6.07) is 6.44. The molecule has 2 heteroatoms. The molecule has 2 aliphatic rings. The SMILES string of the molecule is CC1CCC(C)(Oc2cccc3c2CNC3)C1. The van der Waals surface area contributed by atoms with Gasteiger partial charge in [0.05, 0.1) is 0 Å². The van der Waals surface area contributed by atoms with Gasteiger partial charge in [-0.2, -0.15) is 0 Å². The molecule has 2 nitrogen and oxygen atoms in total. The smallest absolute Gasteiger partial charge is 0.124 e. The van der Waals surface area contributed by atoms with E-state index in [1.807, 2.05) is 0 Å². The van der Waals surface area contributed by atoms with Crippen molar-refractivity contribution in [2.24, 2.45) is 5.92 Å². The molecule has 1 N–H and O–H groups in total. The van der Waals surface area contributed by atoms with Gasteiger partial charge in [0, 0.05) is 18.7 Å². The zero-order valence-corrected chi connectivity index (χ0v) is 10.8. The number of hydrogen-bond acceptors (Lipinski definition) is 2. The molecule has 0 amide bonds. The third kappa shape index (κ3) is 2.06. The van der Waals surface area contributed by atoms with Crippen molar-refractivity contribution in [3.63, 3.8) is 0 Å². The van der Waals surface area contributed by atoms with Gasteiger partial charge >= 0.3 is 0 Å². The summed E-state index contributed by atoms with van der Waals surface area (Å²) in [7, 11) is 0. The van der Waals surface area contributed by atoms with Crippen molar-refractivity contribution >= 4 is 0 Å². The highest BCUT2D eigenvalue weighted by Crippen LogP contribution is 2.39. The molecule has 0 spiro atoms. The van der Waals surface area contributed by atoms with Gasteiger partial charge in [0.25, 0.3) is 0 Å². The van der Waals surface area contributed by atoms with Gasteiger partial charge in [-0.05, 0) is 43.7 Å². The highest BCUT2D eigenvalue weighted by Gasteiger charge is 2.35. The Bertz CT molecular complexity index is 429. The lowest BCUT2D eigenvalue weighted by molar-refractivity contribution is 0.0916. The van der Waals surface area contributed by atoms with Crippen molar-refractivity contribution in [1.82, 2.24) is 5.32 Å². The molecule has 0 bridgehead atoms. The largest absolute Gasteiger partial charge is 0.487 e. The molecule has 0 radical (unpaired) electrons. The molecule has 2 unspecified atom stereocenters. The van der Waals surface area contributed by atoms with E-state index < -0.39 is 0 Å². The van der Waals surface area contributed by atoms with Gasteiger partial charge in [-0.3, -0.25) is 0 Å². The van der Waals surface area contributed by atoms with E-state index in [0.29, 0.717) is 0 Å². The van der Waals surface area contributed by atoms with Crippen LogP contribution >= 0.6 is 0 Å². The number of benzene rings is 1. The summed E-state index contributed by atoms with van der Waals surface area (Å²) in [6.07, 6.45) is 3.67. The molecule has 3 rings (SSSR count). The molecule has 1 aliphatic carbocycles. The number of ether oxygens (including phenoxy) is 1. The van der Waals surface area contributed by atoms with Crippen LogP contribution in [0, 0.1) is 5.92 Å². The van der Waals surface area contributed by atoms with E-state index in [0.717, 1.165) is 24.8 Å². The Morgan fingerprint density at radius 1 is 1.35 bits per heavy atom. The van der Waals surface area contributed by atoms with Gasteiger partial charge < -0.3 is 10.1 Å². The van der Waals surface area contributed by atoms with Crippen LogP contribution in [0.1, 0.15) is 44.2 Å². The van der Waals surface area contributed by atoms with Crippen molar-refractivity contribution in [2.75, 3.05) is 0 Å². The van der Waals surface area contributed by atoms with Crippen LogP contribution in [-0.2, 0) is 13.1 Å². The number of rotatable bonds is 2. The van der Waals surface area contributed by atoms with Crippen LogP contribution in [-0.4, -0.2) is 5.60 Å². The fourth-order valence-electron chi connectivity index (χ4n) is 3.25. The monoisotopic (exact) mass is 231 g/mol. The van der Waals surface area contributed by atoms with Gasteiger partial charge in [-0.15, -0.1) is 0 Å². The van der Waals surface area contributed by atoms with Gasteiger partial charge in [-0.1, -0.05) is 19.1 Å². The fourth-order valence-corrected chi connectivity index (χ4v) is 3.25. The van der Waals surface area contributed by atoms with Crippen molar-refractivity contribution < 1.29 is 4.74 Å². The lowest BCUT2D eigenvalue weighted by atomic mass is 10.0. The van der Waals surface area contributed by atoms with Crippen LogP contribution in [0.3, 0.4) is 0 Å². The lowest BCUT2D eigenvalue weighted by Gasteiger charge is -2.27. The molecule has 1 aliphatic heterocycles. The average Bonchev–Trinajstić information content (AvgIpc) is 2.86. The summed E-state index contributed by atoms with van der Waals surface area (Å²) < 4.78 is 6.34. The van der Waals surface area contributed by atoms with Gasteiger partial charge in [0.15, 0.2) is 0 Å². The molecule has 2 atom stereocenters. The van der Waals surface area contributed by atoms with Crippen LogP contribution in [0.5, 0.6) is 5.75 Å². The second kappa shape index (κ2) is 4.02. The van der Waals surface area contributed by atoms with E-state index in [-0.39, 0.29) is 5.60 Å². The normalized spacial score (nSPS) is 31.5. The van der Waals surface area contributed by atoms with Crippen LogP contribution in [0.15, 0.2) is 18.2 Å². The van der Waals surface area contributed by atoms with Crippen LogP contribution in [0.25, 0.3) is 0 Å². The maximum absolute atomic E-state index is 6.34. The second-order valence-corrected chi connectivity index (χ2v) is 5.90. The van der Waals surface area contributed by atoms with Gasteiger partial charge in [0.1, 0.15) is 11.4 Å². The number of fused-ring (bicyclic) bond motifs is 1. The summed E-state index contributed by atoms with van der Waals surface area (Å²) in [6.45, 7) is 6.53. The van der Waals surface area contributed by atoms with E-state index in [1.54, 1.807) is 0 Å². The summed E-state index contributed by atoms with van der Waals surface area (Å²) in [5.74, 6) is 1.90. The van der Waals surface area contributed by atoms with Crippen molar-refractivity contribution in [1.29, 1.82) is 0 Å². The topological polar surface area (TPSA) is 21.3 Å². The minimum atomic E-state index is 0.0527. The maximum Gasteiger partial charge on any atom is 0.124 e. The van der Waals surface area contributed by atoms with E-state index in [9.17, 15) is 0 Å². The Balaban J connectivity index is 1.84. The third-order valence-corrected chi connectivity index (χ3v) is 4.15. The zero-order chi connectivity index (χ0) is 11.9. The van der Waals surface area contributed by atoms with E-state index in [1.165, 1.54) is 30.4 Å². The number of hydrogen-bond donors (Lipinski definition) is 1. The first-order chi connectivity index (χ1) is 8.16. The fraction of sp³-hybridized carbons (Fsp3) is 0.600. The molecular formula is C15H21NO. The molecule has 1 aromatic carbocycles. The Labute approximate surface area is 103 Å². The third-order valence-electron chi connectivity index (χ3n) is 4.15. The van der Waals surface area contributed by atoms with Crippen LogP contribution in [0.4, 0.5) is 0 Å². The molecule has 1 fully saturated rings. The predicted molar refractivity (Wildman–Crippen MR) is 69.0 cm³/mol. The van der Waals surface area contributed by atoms with E-state index >= 15 is 0 Å². The van der Waals surface area contributed by atoms with Gasteiger partial charge in [-0.25, -0.2) is 0 Å². The zero-order valence-electron chi connectivity index (χ0n) is 10.8. The Morgan fingerprint density at radius 2 is 2.24 bits per heavy atom. The first kappa shape index (κ1) is 11.1. The summed E-state index contributed by atoms with van der Waals surface area (Å²) in [5, 5.41) is 3.39. The Kier molecular flexibility index (Phi) is 2.62. The highest BCUT2D eigenvalue weighted by atomic mass is 16.5. The van der Waals surface area contributed by atoms with Crippen LogP contribution < -0.4 is 10.1 Å². The minimum absolute atomic E-state index is 0.0527. The molecule has 92 valence electrons. The average molecular weight is 231 g/mol. The molecule has 1 heterocycles. The second-order valence-electron chi connectivity index (χ2n) is 5.90. The first-order valence-electron chi connectivity index (χ1n) is 6.67. The minimum Gasteiger partial charge on any atom is -0.487 e. The van der Waals surface area contributed by atoms with E-state index in [2.05, 4.69) is 37.4 Å². The maximum atomic E-state index is 6.34. The first-order valence-corrected chi connectivity index (χ1v) is 6.67. The Hall–Kier alpha value is -1.02. The van der Waals surface area contributed by atoms with Crippen molar-refractivity contribution in [3.05, 3.63) is 29.3 Å². The van der Waals surface area contributed by atoms with Crippen molar-refractivity contribution in [3.8, 4) is 5.75 Å². The summed E-state index contributed by atoms with van der Waals surface area (Å²) in [5.41, 5.74) is 2.82. The predicted octanol–water partition coefficient (Wildman–Crippen LogP) is 3.25.